The third kappa shape index (κ3) is 5.38. The fourth-order valence-corrected chi connectivity index (χ4v) is 2.81. The Kier molecular flexibility index (Phi) is 6.41. The Balaban J connectivity index is 1.82. The van der Waals surface area contributed by atoms with Crippen LogP contribution in [0.5, 0.6) is 0 Å². The second-order valence-corrected chi connectivity index (χ2v) is 6.66. The summed E-state index contributed by atoms with van der Waals surface area (Å²) in [6.07, 6.45) is -3.90. The number of hydrogen-bond acceptors (Lipinski definition) is 5. The van der Waals surface area contributed by atoms with Crippen LogP contribution in [0.2, 0.25) is 5.02 Å². The number of halogens is 4. The van der Waals surface area contributed by atoms with Crippen LogP contribution in [0.1, 0.15) is 21.5 Å². The summed E-state index contributed by atoms with van der Waals surface area (Å²) < 4.78 is 40.1. The zero-order valence-electron chi connectivity index (χ0n) is 15.7. The van der Waals surface area contributed by atoms with E-state index in [2.05, 4.69) is 25.9 Å². The summed E-state index contributed by atoms with van der Waals surface area (Å²) in [7, 11) is 1.52. The van der Waals surface area contributed by atoms with Crippen molar-refractivity contribution in [2.45, 2.75) is 12.7 Å². The van der Waals surface area contributed by atoms with Gasteiger partial charge in [-0.25, -0.2) is 4.98 Å². The standard InChI is InChI=1S/C20H17ClF3N5O/c1-25-18(30)13-5-7-15(8-6-13)28-19-27-11-16(20(22,23)24)17(29-19)26-10-12-3-2-4-14(21)9-12/h2-9,11H,10H2,1H3,(H,25,30)(H2,26,27,28,29). The molecule has 2 aromatic carbocycles. The van der Waals surface area contributed by atoms with Gasteiger partial charge in [0, 0.05) is 36.1 Å². The van der Waals surface area contributed by atoms with Crippen LogP contribution in [0.25, 0.3) is 0 Å². The maximum Gasteiger partial charge on any atom is 0.421 e. The summed E-state index contributed by atoms with van der Waals surface area (Å²) in [5, 5.41) is 8.51. The predicted octanol–water partition coefficient (Wildman–Crippen LogP) is 4.86. The molecular weight excluding hydrogens is 419 g/mol. The third-order valence-electron chi connectivity index (χ3n) is 4.07. The van der Waals surface area contributed by atoms with Crippen LogP contribution in [-0.2, 0) is 12.7 Å². The van der Waals surface area contributed by atoms with Crippen molar-refractivity contribution in [1.29, 1.82) is 0 Å². The third-order valence-corrected chi connectivity index (χ3v) is 4.31. The fraction of sp³-hybridized carbons (Fsp3) is 0.150. The molecule has 0 atom stereocenters. The highest BCUT2D eigenvalue weighted by Crippen LogP contribution is 2.34. The zero-order chi connectivity index (χ0) is 21.7. The highest BCUT2D eigenvalue weighted by molar-refractivity contribution is 6.30. The maximum atomic E-state index is 13.4. The molecule has 0 spiro atoms. The molecule has 3 N–H and O–H groups in total. The molecule has 0 unspecified atom stereocenters. The first-order chi connectivity index (χ1) is 14.3. The molecule has 0 radical (unpaired) electrons. The molecule has 156 valence electrons. The van der Waals surface area contributed by atoms with Crippen molar-refractivity contribution in [3.8, 4) is 0 Å². The number of hydrogen-bond donors (Lipinski definition) is 3. The van der Waals surface area contributed by atoms with Gasteiger partial charge in [0.25, 0.3) is 5.91 Å². The van der Waals surface area contributed by atoms with Gasteiger partial charge in [-0.1, -0.05) is 23.7 Å². The fourth-order valence-electron chi connectivity index (χ4n) is 2.60. The number of benzene rings is 2. The van der Waals surface area contributed by atoms with Gasteiger partial charge in [0.05, 0.1) is 0 Å². The van der Waals surface area contributed by atoms with E-state index in [9.17, 15) is 18.0 Å². The lowest BCUT2D eigenvalue weighted by molar-refractivity contribution is -0.137. The molecule has 0 aliphatic rings. The molecule has 3 rings (SSSR count). The number of carbonyl (C=O) groups is 1. The largest absolute Gasteiger partial charge is 0.421 e. The molecule has 1 heterocycles. The smallest absolute Gasteiger partial charge is 0.365 e. The molecule has 0 bridgehead atoms. The molecule has 0 saturated heterocycles. The van der Waals surface area contributed by atoms with E-state index in [1.54, 1.807) is 48.5 Å². The second-order valence-electron chi connectivity index (χ2n) is 6.22. The van der Waals surface area contributed by atoms with Gasteiger partial charge in [-0.05, 0) is 42.0 Å². The Hall–Kier alpha value is -3.33. The van der Waals surface area contributed by atoms with Crippen LogP contribution < -0.4 is 16.0 Å². The minimum absolute atomic E-state index is 0.0238. The number of anilines is 3. The minimum Gasteiger partial charge on any atom is -0.365 e. The number of nitrogens with zero attached hydrogens (tertiary/aromatic N) is 2. The number of aromatic nitrogens is 2. The number of nitrogens with one attached hydrogen (secondary N) is 3. The van der Waals surface area contributed by atoms with E-state index < -0.39 is 11.7 Å². The summed E-state index contributed by atoms with van der Waals surface area (Å²) in [4.78, 5) is 19.3. The van der Waals surface area contributed by atoms with Crippen LogP contribution in [0.3, 0.4) is 0 Å². The summed E-state index contributed by atoms with van der Waals surface area (Å²) in [5.41, 5.74) is 0.682. The molecular formula is C20H17ClF3N5O. The van der Waals surface area contributed by atoms with Crippen molar-refractivity contribution in [3.63, 3.8) is 0 Å². The lowest BCUT2D eigenvalue weighted by Crippen LogP contribution is -2.17. The van der Waals surface area contributed by atoms with Gasteiger partial charge < -0.3 is 16.0 Å². The van der Waals surface area contributed by atoms with Crippen LogP contribution in [0.15, 0.2) is 54.7 Å². The Morgan fingerprint density at radius 1 is 1.13 bits per heavy atom. The van der Waals surface area contributed by atoms with Gasteiger partial charge >= 0.3 is 6.18 Å². The Morgan fingerprint density at radius 2 is 1.87 bits per heavy atom. The molecule has 1 amide bonds. The molecule has 10 heteroatoms. The van der Waals surface area contributed by atoms with Gasteiger partial charge in [-0.2, -0.15) is 18.2 Å². The lowest BCUT2D eigenvalue weighted by Gasteiger charge is -2.15. The average molecular weight is 436 g/mol. The Labute approximate surface area is 175 Å². The highest BCUT2D eigenvalue weighted by Gasteiger charge is 2.35. The summed E-state index contributed by atoms with van der Waals surface area (Å²) in [5.74, 6) is -0.633. The van der Waals surface area contributed by atoms with Crippen LogP contribution in [-0.4, -0.2) is 22.9 Å². The van der Waals surface area contributed by atoms with Crippen molar-refractivity contribution in [1.82, 2.24) is 15.3 Å². The quantitative estimate of drug-likeness (QED) is 0.515. The van der Waals surface area contributed by atoms with E-state index in [-0.39, 0.29) is 24.2 Å². The average Bonchev–Trinajstić information content (AvgIpc) is 2.71. The van der Waals surface area contributed by atoms with Gasteiger partial charge in [-0.3, -0.25) is 4.79 Å². The Bertz CT molecular complexity index is 1040. The topological polar surface area (TPSA) is 78.9 Å². The molecule has 1 aromatic heterocycles. The SMILES string of the molecule is CNC(=O)c1ccc(Nc2ncc(C(F)(F)F)c(NCc3cccc(Cl)c3)n2)cc1. The van der Waals surface area contributed by atoms with E-state index in [0.717, 1.165) is 0 Å². The number of rotatable bonds is 6. The van der Waals surface area contributed by atoms with E-state index >= 15 is 0 Å². The van der Waals surface area contributed by atoms with Gasteiger partial charge in [0.15, 0.2) is 0 Å². The molecule has 6 nitrogen and oxygen atoms in total. The van der Waals surface area contributed by atoms with Crippen LogP contribution >= 0.6 is 11.6 Å². The number of carbonyl (C=O) groups excluding carboxylic acids is 1. The normalized spacial score (nSPS) is 11.1. The molecule has 0 fully saturated rings. The number of alkyl halides is 3. The number of amides is 1. The van der Waals surface area contributed by atoms with Crippen LogP contribution in [0, 0.1) is 0 Å². The predicted molar refractivity (Wildman–Crippen MR) is 109 cm³/mol. The van der Waals surface area contributed by atoms with E-state index in [4.69, 9.17) is 11.6 Å². The summed E-state index contributed by atoms with van der Waals surface area (Å²) >= 11 is 5.92. The molecule has 0 aliphatic carbocycles. The van der Waals surface area contributed by atoms with Crippen molar-refractivity contribution in [2.24, 2.45) is 0 Å². The first-order valence-corrected chi connectivity index (χ1v) is 9.16. The molecule has 30 heavy (non-hydrogen) atoms. The van der Waals surface area contributed by atoms with Crippen molar-refractivity contribution in [3.05, 3.63) is 76.4 Å². The van der Waals surface area contributed by atoms with Gasteiger partial charge in [0.2, 0.25) is 5.95 Å². The lowest BCUT2D eigenvalue weighted by atomic mass is 10.2. The summed E-state index contributed by atoms with van der Waals surface area (Å²) in [6.45, 7) is 0.0981. The molecule has 0 aliphatic heterocycles. The van der Waals surface area contributed by atoms with E-state index in [1.165, 1.54) is 7.05 Å². The monoisotopic (exact) mass is 435 g/mol. The highest BCUT2D eigenvalue weighted by atomic mass is 35.5. The van der Waals surface area contributed by atoms with Gasteiger partial charge in [-0.15, -0.1) is 0 Å². The first-order valence-electron chi connectivity index (χ1n) is 8.78. The second kappa shape index (κ2) is 9.00. The van der Waals surface area contributed by atoms with E-state index in [1.807, 2.05) is 0 Å². The molecule has 0 saturated carbocycles. The van der Waals surface area contributed by atoms with Gasteiger partial charge in [0.1, 0.15) is 11.4 Å². The first kappa shape index (κ1) is 21.4. The van der Waals surface area contributed by atoms with Crippen molar-refractivity contribution in [2.75, 3.05) is 17.7 Å². The maximum absolute atomic E-state index is 13.4. The molecule has 3 aromatic rings. The van der Waals surface area contributed by atoms with Crippen molar-refractivity contribution >= 4 is 35.0 Å². The van der Waals surface area contributed by atoms with Crippen LogP contribution in [0.4, 0.5) is 30.6 Å². The summed E-state index contributed by atoms with van der Waals surface area (Å²) in [6, 6.07) is 13.1. The zero-order valence-corrected chi connectivity index (χ0v) is 16.5. The van der Waals surface area contributed by atoms with Crippen molar-refractivity contribution < 1.29 is 18.0 Å². The van der Waals surface area contributed by atoms with E-state index in [0.29, 0.717) is 28.0 Å². The Morgan fingerprint density at radius 3 is 2.50 bits per heavy atom. The minimum atomic E-state index is -4.62.